The number of ether oxygens (including phenoxy) is 1. The highest BCUT2D eigenvalue weighted by Crippen LogP contribution is 2.62. The van der Waals surface area contributed by atoms with E-state index in [1.807, 2.05) is 6.20 Å². The minimum Gasteiger partial charge on any atom is -0.400 e. The molecule has 4 fully saturated rings. The van der Waals surface area contributed by atoms with Gasteiger partial charge in [0, 0.05) is 11.8 Å². The average molecular weight is 342 g/mol. The maximum atomic E-state index is 6.21. The monoisotopic (exact) mass is 342 g/mol. The lowest BCUT2D eigenvalue weighted by atomic mass is 9.50. The van der Waals surface area contributed by atoms with Gasteiger partial charge < -0.3 is 14.0 Å². The Hall–Kier alpha value is -1.11. The van der Waals surface area contributed by atoms with Crippen LogP contribution < -0.4 is 0 Å². The Bertz CT molecular complexity index is 706. The quantitative estimate of drug-likeness (QED) is 0.790. The van der Waals surface area contributed by atoms with Crippen LogP contribution in [0.5, 0.6) is 0 Å². The van der Waals surface area contributed by atoms with Crippen molar-refractivity contribution in [2.45, 2.75) is 76.2 Å². The van der Waals surface area contributed by atoms with Crippen LogP contribution in [0.1, 0.15) is 65.0 Å². The zero-order valence-corrected chi connectivity index (χ0v) is 15.6. The summed E-state index contributed by atoms with van der Waals surface area (Å²) < 4.78 is 20.6. The molecular weight excluding hydrogens is 315 g/mol. The zero-order chi connectivity index (χ0) is 17.4. The van der Waals surface area contributed by atoms with Crippen molar-refractivity contribution in [1.82, 2.24) is 9.78 Å². The minimum atomic E-state index is -0.304. The summed E-state index contributed by atoms with van der Waals surface area (Å²) in [6.45, 7) is 9.08. The maximum absolute atomic E-state index is 6.21. The van der Waals surface area contributed by atoms with E-state index < -0.39 is 0 Å². The van der Waals surface area contributed by atoms with Gasteiger partial charge in [-0.3, -0.25) is 4.68 Å². The van der Waals surface area contributed by atoms with Crippen LogP contribution in [-0.2, 0) is 19.6 Å². The number of nitrogens with zero attached hydrogens (tertiary/aromatic N) is 2. The Morgan fingerprint density at radius 2 is 1.80 bits per heavy atom. The van der Waals surface area contributed by atoms with Gasteiger partial charge in [-0.25, -0.2) is 0 Å². The molecule has 6 rings (SSSR count). The normalized spacial score (nSPS) is 38.1. The molecule has 134 valence electrons. The second kappa shape index (κ2) is 4.99. The first kappa shape index (κ1) is 16.1. The van der Waals surface area contributed by atoms with Crippen molar-refractivity contribution < 1.29 is 14.0 Å². The van der Waals surface area contributed by atoms with Crippen LogP contribution in [0.4, 0.5) is 0 Å². The van der Waals surface area contributed by atoms with E-state index in [0.29, 0.717) is 12.1 Å². The standard InChI is InChI=1S/C19H27BN2O3/c1-17(2)18(3,4)25-20(24-17)15-5-6-23-16(7-15)14-11-21-22(12-14)19-8-13(9-19)10-19/h7,11-13,16H,5-6,8-10H2,1-4H3. The molecule has 0 aromatic carbocycles. The molecule has 2 aliphatic heterocycles. The van der Waals surface area contributed by atoms with E-state index in [1.54, 1.807) is 0 Å². The molecule has 0 amide bonds. The summed E-state index contributed by atoms with van der Waals surface area (Å²) in [6, 6.07) is 0. The molecule has 5 aliphatic rings. The van der Waals surface area contributed by atoms with Gasteiger partial charge in [-0.15, -0.1) is 0 Å². The Kier molecular flexibility index (Phi) is 3.21. The van der Waals surface area contributed by atoms with Crippen molar-refractivity contribution in [3.63, 3.8) is 0 Å². The fourth-order valence-corrected chi connectivity index (χ4v) is 4.47. The van der Waals surface area contributed by atoms with Gasteiger partial charge in [0.1, 0.15) is 6.10 Å². The van der Waals surface area contributed by atoms with Gasteiger partial charge in [0.05, 0.1) is 29.5 Å². The Labute approximate surface area is 149 Å². The number of hydrogen-bond acceptors (Lipinski definition) is 4. The molecule has 0 spiro atoms. The third kappa shape index (κ3) is 2.30. The molecule has 1 aromatic rings. The van der Waals surface area contributed by atoms with Gasteiger partial charge in [0.2, 0.25) is 0 Å². The summed E-state index contributed by atoms with van der Waals surface area (Å²) in [4.78, 5) is 0. The first-order valence-electron chi connectivity index (χ1n) is 9.51. The lowest BCUT2D eigenvalue weighted by Crippen LogP contribution is -2.59. The molecule has 6 heteroatoms. The maximum Gasteiger partial charge on any atom is 0.490 e. The highest BCUT2D eigenvalue weighted by molar-refractivity contribution is 6.54. The molecule has 25 heavy (non-hydrogen) atoms. The van der Waals surface area contributed by atoms with Gasteiger partial charge >= 0.3 is 7.12 Å². The fourth-order valence-electron chi connectivity index (χ4n) is 4.47. The van der Waals surface area contributed by atoms with Crippen LogP contribution in [0.25, 0.3) is 0 Å². The van der Waals surface area contributed by atoms with E-state index in [-0.39, 0.29) is 24.4 Å². The largest absolute Gasteiger partial charge is 0.490 e. The summed E-state index contributed by atoms with van der Waals surface area (Å²) in [5, 5.41) is 4.64. The van der Waals surface area contributed by atoms with Crippen LogP contribution >= 0.6 is 0 Å². The van der Waals surface area contributed by atoms with Crippen molar-refractivity contribution in [3.8, 4) is 0 Å². The van der Waals surface area contributed by atoms with Crippen LogP contribution in [0.15, 0.2) is 23.9 Å². The molecule has 3 aliphatic carbocycles. The molecule has 3 heterocycles. The third-order valence-corrected chi connectivity index (χ3v) is 7.03. The fraction of sp³-hybridized carbons (Fsp3) is 0.737. The second-order valence-electron chi connectivity index (χ2n) is 9.29. The highest BCUT2D eigenvalue weighted by Gasteiger charge is 2.58. The van der Waals surface area contributed by atoms with E-state index >= 15 is 0 Å². The van der Waals surface area contributed by atoms with Gasteiger partial charge in [0.25, 0.3) is 0 Å². The predicted molar refractivity (Wildman–Crippen MR) is 95.0 cm³/mol. The van der Waals surface area contributed by atoms with Crippen molar-refractivity contribution in [2.24, 2.45) is 5.92 Å². The second-order valence-corrected chi connectivity index (χ2v) is 9.29. The molecule has 1 atom stereocenters. The molecule has 1 saturated heterocycles. The van der Waals surface area contributed by atoms with E-state index in [0.717, 1.165) is 17.9 Å². The molecular formula is C19H27BN2O3. The molecule has 0 N–H and O–H groups in total. The van der Waals surface area contributed by atoms with Crippen LogP contribution in [0, 0.1) is 5.92 Å². The average Bonchev–Trinajstić information content (AvgIpc) is 3.00. The van der Waals surface area contributed by atoms with Crippen molar-refractivity contribution in [1.29, 1.82) is 0 Å². The number of aromatic nitrogens is 2. The molecule has 2 bridgehead atoms. The van der Waals surface area contributed by atoms with Crippen molar-refractivity contribution >= 4 is 7.12 Å². The predicted octanol–water partition coefficient (Wildman–Crippen LogP) is 3.41. The van der Waals surface area contributed by atoms with Gasteiger partial charge in [-0.1, -0.05) is 6.08 Å². The third-order valence-electron chi connectivity index (χ3n) is 7.03. The minimum absolute atomic E-state index is 0.0520. The Balaban J connectivity index is 1.36. The summed E-state index contributed by atoms with van der Waals surface area (Å²) >= 11 is 0. The summed E-state index contributed by atoms with van der Waals surface area (Å²) in [5.74, 6) is 0.952. The summed E-state index contributed by atoms with van der Waals surface area (Å²) in [7, 11) is -0.274. The Morgan fingerprint density at radius 1 is 1.12 bits per heavy atom. The molecule has 3 saturated carbocycles. The summed E-state index contributed by atoms with van der Waals surface area (Å²) in [6.07, 6.45) is 11.0. The van der Waals surface area contributed by atoms with Crippen molar-refractivity contribution in [2.75, 3.05) is 6.61 Å². The zero-order valence-electron chi connectivity index (χ0n) is 15.6. The van der Waals surface area contributed by atoms with Gasteiger partial charge in [0.15, 0.2) is 0 Å². The summed E-state index contributed by atoms with van der Waals surface area (Å²) in [5.41, 5.74) is 2.05. The van der Waals surface area contributed by atoms with Crippen LogP contribution in [0.2, 0.25) is 0 Å². The van der Waals surface area contributed by atoms with Crippen LogP contribution in [0.3, 0.4) is 0 Å². The molecule has 1 aromatic heterocycles. The van der Waals surface area contributed by atoms with E-state index in [2.05, 4.69) is 49.7 Å². The Morgan fingerprint density at radius 3 is 2.40 bits per heavy atom. The van der Waals surface area contributed by atoms with E-state index in [1.165, 1.54) is 24.7 Å². The first-order chi connectivity index (χ1) is 11.8. The van der Waals surface area contributed by atoms with E-state index in [9.17, 15) is 0 Å². The van der Waals surface area contributed by atoms with Gasteiger partial charge in [-0.05, 0) is 64.8 Å². The SMILES string of the molecule is CC1(C)OB(C2=CC(c3cnn(C45CC(C4)C5)c3)OCC2)OC1(C)C. The topological polar surface area (TPSA) is 45.5 Å². The van der Waals surface area contributed by atoms with Crippen LogP contribution in [-0.4, -0.2) is 34.7 Å². The van der Waals surface area contributed by atoms with Gasteiger partial charge in [-0.2, -0.15) is 5.10 Å². The molecule has 1 unspecified atom stereocenters. The highest BCUT2D eigenvalue weighted by atomic mass is 16.7. The smallest absolute Gasteiger partial charge is 0.400 e. The number of rotatable bonds is 3. The number of hydrogen-bond donors (Lipinski definition) is 0. The molecule has 5 nitrogen and oxygen atoms in total. The lowest BCUT2D eigenvalue weighted by molar-refractivity contribution is -0.0979. The van der Waals surface area contributed by atoms with E-state index in [4.69, 9.17) is 14.0 Å². The lowest BCUT2D eigenvalue weighted by Gasteiger charge is -2.61. The first-order valence-corrected chi connectivity index (χ1v) is 9.51. The van der Waals surface area contributed by atoms with Crippen molar-refractivity contribution in [3.05, 3.63) is 29.5 Å². The molecule has 0 radical (unpaired) electrons.